The maximum absolute atomic E-state index is 6.03. The minimum Gasteiger partial charge on any atom is -0.398 e. The molecule has 2 N–H and O–H groups in total. The summed E-state index contributed by atoms with van der Waals surface area (Å²) in [5.74, 6) is 0. The number of aryl methyl sites for hydroxylation is 1. The van der Waals surface area contributed by atoms with Crippen LogP contribution in [0, 0.1) is 0 Å². The Labute approximate surface area is 121 Å². The molecule has 5 heteroatoms. The van der Waals surface area contributed by atoms with E-state index in [1.165, 1.54) is 10.4 Å². The minimum absolute atomic E-state index is 0.726. The monoisotopic (exact) mass is 284 g/mol. The van der Waals surface area contributed by atoms with Gasteiger partial charge in [0.2, 0.25) is 0 Å². The van der Waals surface area contributed by atoms with E-state index >= 15 is 0 Å². The molecule has 0 spiro atoms. The molecule has 0 saturated carbocycles. The molecule has 3 rings (SSSR count). The summed E-state index contributed by atoms with van der Waals surface area (Å²) in [5, 5.41) is 2.14. The van der Waals surface area contributed by atoms with E-state index in [1.54, 1.807) is 23.7 Å². The van der Waals surface area contributed by atoms with E-state index in [9.17, 15) is 0 Å². The fourth-order valence-electron chi connectivity index (χ4n) is 2.27. The molecular formula is C15H16N4S. The van der Waals surface area contributed by atoms with Crippen LogP contribution in [0.15, 0.2) is 42.4 Å². The predicted molar refractivity (Wildman–Crippen MR) is 82.7 cm³/mol. The van der Waals surface area contributed by atoms with E-state index < -0.39 is 0 Å². The Morgan fingerprint density at radius 2 is 2.15 bits per heavy atom. The van der Waals surface area contributed by atoms with Crippen LogP contribution in [0.1, 0.15) is 17.4 Å². The number of thiophene rings is 1. The van der Waals surface area contributed by atoms with E-state index in [4.69, 9.17) is 5.73 Å². The quantitative estimate of drug-likeness (QED) is 0.800. The Hall–Kier alpha value is -2.14. The zero-order valence-corrected chi connectivity index (χ0v) is 12.1. The molecule has 0 bridgehead atoms. The molecule has 0 saturated heterocycles. The van der Waals surface area contributed by atoms with Crippen LogP contribution in [-0.4, -0.2) is 14.5 Å². The molecule has 20 heavy (non-hydrogen) atoms. The smallest absolute Gasteiger partial charge is 0.0954 e. The van der Waals surface area contributed by atoms with Crippen molar-refractivity contribution in [1.29, 1.82) is 0 Å². The molecule has 0 atom stereocenters. The van der Waals surface area contributed by atoms with E-state index in [1.807, 2.05) is 18.6 Å². The largest absolute Gasteiger partial charge is 0.398 e. The SMILES string of the molecule is CCc1ccsc1Cn1cncc1-c1cnccc1N. The Kier molecular flexibility index (Phi) is 3.52. The van der Waals surface area contributed by atoms with Gasteiger partial charge in [-0.3, -0.25) is 4.98 Å². The van der Waals surface area contributed by atoms with Gasteiger partial charge >= 0.3 is 0 Å². The number of hydrogen-bond donors (Lipinski definition) is 1. The van der Waals surface area contributed by atoms with Gasteiger partial charge in [0.25, 0.3) is 0 Å². The van der Waals surface area contributed by atoms with Gasteiger partial charge in [-0.15, -0.1) is 11.3 Å². The van der Waals surface area contributed by atoms with Crippen molar-refractivity contribution >= 4 is 17.0 Å². The number of rotatable bonds is 4. The lowest BCUT2D eigenvalue weighted by Gasteiger charge is -2.10. The fraction of sp³-hybridized carbons (Fsp3) is 0.200. The minimum atomic E-state index is 0.726. The molecule has 3 heterocycles. The zero-order chi connectivity index (χ0) is 13.9. The zero-order valence-electron chi connectivity index (χ0n) is 11.3. The first-order valence-corrected chi connectivity index (χ1v) is 7.42. The highest BCUT2D eigenvalue weighted by Crippen LogP contribution is 2.26. The topological polar surface area (TPSA) is 56.7 Å². The summed E-state index contributed by atoms with van der Waals surface area (Å²) in [6, 6.07) is 4.00. The van der Waals surface area contributed by atoms with Crippen LogP contribution < -0.4 is 5.73 Å². The van der Waals surface area contributed by atoms with E-state index in [2.05, 4.69) is 32.9 Å². The summed E-state index contributed by atoms with van der Waals surface area (Å²) in [4.78, 5) is 9.78. The number of imidazole rings is 1. The highest BCUT2D eigenvalue weighted by Gasteiger charge is 2.11. The molecule has 0 aliphatic rings. The standard InChI is InChI=1S/C15H16N4S/c1-2-11-4-6-20-15(11)9-19-10-18-8-14(19)12-7-17-5-3-13(12)16/h3-8,10H,2,9H2,1H3,(H2,16,17). The van der Waals surface area contributed by atoms with Gasteiger partial charge in [0, 0.05) is 28.5 Å². The molecule has 0 aliphatic heterocycles. The molecule has 3 aromatic rings. The Balaban J connectivity index is 1.97. The number of aromatic nitrogens is 3. The van der Waals surface area contributed by atoms with Crippen LogP contribution in [0.2, 0.25) is 0 Å². The third-order valence-corrected chi connectivity index (χ3v) is 4.32. The number of hydrogen-bond acceptors (Lipinski definition) is 4. The molecule has 102 valence electrons. The van der Waals surface area contributed by atoms with Crippen LogP contribution in [-0.2, 0) is 13.0 Å². The van der Waals surface area contributed by atoms with Gasteiger partial charge in [-0.1, -0.05) is 6.92 Å². The van der Waals surface area contributed by atoms with Crippen molar-refractivity contribution in [2.75, 3.05) is 5.73 Å². The fourth-order valence-corrected chi connectivity index (χ4v) is 3.24. The second-order valence-electron chi connectivity index (χ2n) is 4.59. The number of nitrogen functional groups attached to an aromatic ring is 1. The molecule has 0 aromatic carbocycles. The van der Waals surface area contributed by atoms with Gasteiger partial charge in [-0.2, -0.15) is 0 Å². The van der Waals surface area contributed by atoms with E-state index in [0.717, 1.165) is 29.9 Å². The average Bonchev–Trinajstić information content (AvgIpc) is 3.09. The first kappa shape index (κ1) is 12.9. The maximum Gasteiger partial charge on any atom is 0.0954 e. The van der Waals surface area contributed by atoms with Gasteiger partial charge in [0.1, 0.15) is 0 Å². The molecule has 0 aliphatic carbocycles. The van der Waals surface area contributed by atoms with Gasteiger partial charge in [-0.25, -0.2) is 4.98 Å². The predicted octanol–water partition coefficient (Wildman–Crippen LogP) is 3.20. The van der Waals surface area contributed by atoms with Gasteiger partial charge in [0.15, 0.2) is 0 Å². The van der Waals surface area contributed by atoms with Crippen LogP contribution in [0.3, 0.4) is 0 Å². The first-order chi connectivity index (χ1) is 9.79. The lowest BCUT2D eigenvalue weighted by atomic mass is 10.1. The summed E-state index contributed by atoms with van der Waals surface area (Å²) < 4.78 is 2.12. The average molecular weight is 284 g/mol. The third-order valence-electron chi connectivity index (χ3n) is 3.38. The van der Waals surface area contributed by atoms with Gasteiger partial charge < -0.3 is 10.3 Å². The molecule has 4 nitrogen and oxygen atoms in total. The van der Waals surface area contributed by atoms with Crippen LogP contribution >= 0.6 is 11.3 Å². The van der Waals surface area contributed by atoms with Crippen molar-refractivity contribution in [1.82, 2.24) is 14.5 Å². The summed E-state index contributed by atoms with van der Waals surface area (Å²) in [5.41, 5.74) is 10.1. The van der Waals surface area contributed by atoms with Crippen molar-refractivity contribution < 1.29 is 0 Å². The first-order valence-electron chi connectivity index (χ1n) is 6.54. The van der Waals surface area contributed by atoms with Crippen molar-refractivity contribution in [3.63, 3.8) is 0 Å². The number of pyridine rings is 1. The summed E-state index contributed by atoms with van der Waals surface area (Å²) in [6.45, 7) is 3.00. The highest BCUT2D eigenvalue weighted by atomic mass is 32.1. The molecule has 0 radical (unpaired) electrons. The molecule has 0 unspecified atom stereocenters. The number of anilines is 1. The Morgan fingerprint density at radius 1 is 1.25 bits per heavy atom. The normalized spacial score (nSPS) is 10.8. The van der Waals surface area contributed by atoms with E-state index in [0.29, 0.717) is 0 Å². The maximum atomic E-state index is 6.03. The van der Waals surface area contributed by atoms with Crippen LogP contribution in [0.5, 0.6) is 0 Å². The second kappa shape index (κ2) is 5.46. The molecular weight excluding hydrogens is 268 g/mol. The molecule has 3 aromatic heterocycles. The van der Waals surface area contributed by atoms with Crippen molar-refractivity contribution in [3.05, 3.63) is 52.9 Å². The Morgan fingerprint density at radius 3 is 2.95 bits per heavy atom. The number of nitrogens with two attached hydrogens (primary N) is 1. The van der Waals surface area contributed by atoms with Gasteiger partial charge in [-0.05, 0) is 29.5 Å². The Bertz CT molecular complexity index is 714. The lowest BCUT2D eigenvalue weighted by molar-refractivity contribution is 0.808. The number of nitrogens with zero attached hydrogens (tertiary/aromatic N) is 3. The van der Waals surface area contributed by atoms with Crippen LogP contribution in [0.4, 0.5) is 5.69 Å². The third kappa shape index (κ3) is 2.32. The summed E-state index contributed by atoms with van der Waals surface area (Å²) in [7, 11) is 0. The molecule has 0 fully saturated rings. The van der Waals surface area contributed by atoms with Crippen LogP contribution in [0.25, 0.3) is 11.3 Å². The van der Waals surface area contributed by atoms with Crippen molar-refractivity contribution in [3.8, 4) is 11.3 Å². The summed E-state index contributed by atoms with van der Waals surface area (Å²) >= 11 is 1.78. The van der Waals surface area contributed by atoms with Crippen molar-refractivity contribution in [2.24, 2.45) is 0 Å². The van der Waals surface area contributed by atoms with Gasteiger partial charge in [0.05, 0.1) is 24.8 Å². The van der Waals surface area contributed by atoms with E-state index in [-0.39, 0.29) is 0 Å². The summed E-state index contributed by atoms with van der Waals surface area (Å²) in [6.07, 6.45) is 8.23. The second-order valence-corrected chi connectivity index (χ2v) is 5.59. The highest BCUT2D eigenvalue weighted by molar-refractivity contribution is 7.10. The molecule has 0 amide bonds. The lowest BCUT2D eigenvalue weighted by Crippen LogP contribution is -2.02. The van der Waals surface area contributed by atoms with Crippen molar-refractivity contribution in [2.45, 2.75) is 19.9 Å².